The number of amides is 2. The van der Waals surface area contributed by atoms with Crippen molar-refractivity contribution in [2.75, 3.05) is 22.1 Å². The molecular weight excluding hydrogens is 375 g/mol. The maximum Gasteiger partial charge on any atom is 0.239 e. The molecule has 0 fully saturated rings. The molecule has 2 N–H and O–H groups in total. The lowest BCUT2D eigenvalue weighted by atomic mass is 10.1. The molecule has 0 aliphatic carbocycles. The predicted molar refractivity (Wildman–Crippen MR) is 98.8 cm³/mol. The summed E-state index contributed by atoms with van der Waals surface area (Å²) in [5, 5.41) is 4.71. The zero-order valence-corrected chi connectivity index (χ0v) is 15.2. The van der Waals surface area contributed by atoms with Gasteiger partial charge < -0.3 is 10.6 Å². The third-order valence-corrected chi connectivity index (χ3v) is 4.81. The van der Waals surface area contributed by atoms with E-state index in [0.29, 0.717) is 11.3 Å². The van der Waals surface area contributed by atoms with Crippen LogP contribution in [-0.4, -0.2) is 37.5 Å². The van der Waals surface area contributed by atoms with E-state index in [-0.39, 0.29) is 11.5 Å². The van der Waals surface area contributed by atoms with Crippen molar-refractivity contribution in [3.63, 3.8) is 0 Å². The molecule has 0 aromatic heterocycles. The van der Waals surface area contributed by atoms with E-state index >= 15 is 0 Å². The Labute approximate surface area is 155 Å². The normalized spacial score (nSPS) is 10.9. The van der Waals surface area contributed by atoms with Gasteiger partial charge in [0.1, 0.15) is 17.3 Å². The van der Waals surface area contributed by atoms with Gasteiger partial charge in [-0.1, -0.05) is 0 Å². The minimum absolute atomic E-state index is 0.136. The summed E-state index contributed by atoms with van der Waals surface area (Å²) in [5.74, 6) is -4.03. The average Bonchev–Trinajstić information content (AvgIpc) is 2.56. The predicted octanol–water partition coefficient (Wildman–Crippen LogP) is 2.02. The molecule has 0 radical (unpaired) electrons. The number of nitrogens with one attached hydrogen (secondary N) is 2. The third kappa shape index (κ3) is 6.63. The summed E-state index contributed by atoms with van der Waals surface area (Å²) >= 11 is 0. The first-order chi connectivity index (χ1) is 12.6. The first-order valence-electron chi connectivity index (χ1n) is 7.81. The average molecular weight is 392 g/mol. The molecule has 0 atom stereocenters. The molecule has 0 saturated carbocycles. The molecule has 0 bridgehead atoms. The number of ketones is 1. The van der Waals surface area contributed by atoms with Gasteiger partial charge in [0.05, 0.1) is 0 Å². The van der Waals surface area contributed by atoms with E-state index in [1.54, 1.807) is 0 Å². The summed E-state index contributed by atoms with van der Waals surface area (Å²) in [5.41, 5.74) is 1.03. The summed E-state index contributed by atoms with van der Waals surface area (Å²) in [6, 6.07) is 10.8. The number of anilines is 2. The van der Waals surface area contributed by atoms with Gasteiger partial charge in [0, 0.05) is 16.9 Å². The van der Waals surface area contributed by atoms with E-state index in [0.717, 1.165) is 12.1 Å². The van der Waals surface area contributed by atoms with E-state index in [4.69, 9.17) is 0 Å². The van der Waals surface area contributed by atoms with E-state index in [9.17, 15) is 27.2 Å². The first kappa shape index (κ1) is 20.2. The van der Waals surface area contributed by atoms with Crippen LogP contribution in [0.5, 0.6) is 0 Å². The highest BCUT2D eigenvalue weighted by atomic mass is 32.2. The standard InChI is InChI=1S/C18H17FN2O5S/c1-12(22)13-2-6-15(7-3-13)20-17(23)10-27(25,26)11-18(24)21-16-8-4-14(19)5-9-16/h2-9H,10-11H2,1H3,(H,20,23)(H,21,24). The minimum Gasteiger partial charge on any atom is -0.325 e. The molecule has 2 aromatic carbocycles. The zero-order valence-electron chi connectivity index (χ0n) is 14.4. The van der Waals surface area contributed by atoms with Crippen molar-refractivity contribution < 1.29 is 27.2 Å². The lowest BCUT2D eigenvalue weighted by Crippen LogP contribution is -2.30. The van der Waals surface area contributed by atoms with E-state index in [1.165, 1.54) is 43.3 Å². The van der Waals surface area contributed by atoms with Crippen LogP contribution in [0.15, 0.2) is 48.5 Å². The Hall–Kier alpha value is -3.07. The van der Waals surface area contributed by atoms with Crippen LogP contribution in [-0.2, 0) is 19.4 Å². The van der Waals surface area contributed by atoms with Crippen molar-refractivity contribution in [2.45, 2.75) is 6.92 Å². The molecule has 0 aliphatic rings. The molecule has 0 spiro atoms. The van der Waals surface area contributed by atoms with Crippen LogP contribution >= 0.6 is 0 Å². The van der Waals surface area contributed by atoms with Crippen LogP contribution in [0.3, 0.4) is 0 Å². The Morgan fingerprint density at radius 1 is 0.815 bits per heavy atom. The Morgan fingerprint density at radius 3 is 1.63 bits per heavy atom. The quantitative estimate of drug-likeness (QED) is 0.701. The SMILES string of the molecule is CC(=O)c1ccc(NC(=O)CS(=O)(=O)CC(=O)Nc2ccc(F)cc2)cc1. The molecule has 0 unspecified atom stereocenters. The molecule has 0 heterocycles. The summed E-state index contributed by atoms with van der Waals surface area (Å²) in [7, 11) is -4.00. The fourth-order valence-corrected chi connectivity index (χ4v) is 3.21. The number of carbonyl (C=O) groups excluding carboxylic acids is 3. The van der Waals surface area contributed by atoms with Crippen LogP contribution in [0, 0.1) is 5.82 Å². The fourth-order valence-electron chi connectivity index (χ4n) is 2.17. The van der Waals surface area contributed by atoms with Crippen LogP contribution in [0.2, 0.25) is 0 Å². The number of sulfone groups is 1. The summed E-state index contributed by atoms with van der Waals surface area (Å²) in [6.45, 7) is 1.40. The molecule has 27 heavy (non-hydrogen) atoms. The monoisotopic (exact) mass is 392 g/mol. The van der Waals surface area contributed by atoms with Crippen LogP contribution < -0.4 is 10.6 Å². The number of hydrogen-bond acceptors (Lipinski definition) is 5. The number of Topliss-reactive ketones (excluding diaryl/α,β-unsaturated/α-hetero) is 1. The Kier molecular flexibility index (Phi) is 6.40. The lowest BCUT2D eigenvalue weighted by molar-refractivity contribution is -0.114. The lowest BCUT2D eigenvalue weighted by Gasteiger charge is -2.08. The molecule has 0 aliphatic heterocycles. The molecule has 2 aromatic rings. The molecule has 0 saturated heterocycles. The Morgan fingerprint density at radius 2 is 1.22 bits per heavy atom. The Balaban J connectivity index is 1.90. The largest absolute Gasteiger partial charge is 0.325 e. The zero-order chi connectivity index (χ0) is 20.0. The van der Waals surface area contributed by atoms with Gasteiger partial charge in [0.15, 0.2) is 15.6 Å². The van der Waals surface area contributed by atoms with Crippen molar-refractivity contribution in [1.29, 1.82) is 0 Å². The van der Waals surface area contributed by atoms with Gasteiger partial charge in [-0.3, -0.25) is 14.4 Å². The van der Waals surface area contributed by atoms with Crippen LogP contribution in [0.4, 0.5) is 15.8 Å². The third-order valence-electron chi connectivity index (χ3n) is 3.41. The molecule has 7 nitrogen and oxygen atoms in total. The van der Waals surface area contributed by atoms with Gasteiger partial charge in [0.25, 0.3) is 0 Å². The minimum atomic E-state index is -4.00. The topological polar surface area (TPSA) is 109 Å². The van der Waals surface area contributed by atoms with Gasteiger partial charge in [-0.05, 0) is 55.5 Å². The maximum atomic E-state index is 12.8. The van der Waals surface area contributed by atoms with Gasteiger partial charge >= 0.3 is 0 Å². The smallest absolute Gasteiger partial charge is 0.239 e. The summed E-state index contributed by atoms with van der Waals surface area (Å²) < 4.78 is 36.8. The van der Waals surface area contributed by atoms with Crippen molar-refractivity contribution in [1.82, 2.24) is 0 Å². The van der Waals surface area contributed by atoms with E-state index in [1.807, 2.05) is 0 Å². The number of hydrogen-bond donors (Lipinski definition) is 2. The van der Waals surface area contributed by atoms with Gasteiger partial charge in [-0.25, -0.2) is 12.8 Å². The van der Waals surface area contributed by atoms with Crippen molar-refractivity contribution >= 4 is 38.8 Å². The number of carbonyl (C=O) groups is 3. The second-order valence-electron chi connectivity index (χ2n) is 5.77. The first-order valence-corrected chi connectivity index (χ1v) is 9.63. The Bertz CT molecular complexity index is 954. The number of halogens is 1. The van der Waals surface area contributed by atoms with Gasteiger partial charge in [-0.15, -0.1) is 0 Å². The molecule has 142 valence electrons. The van der Waals surface area contributed by atoms with Gasteiger partial charge in [-0.2, -0.15) is 0 Å². The van der Waals surface area contributed by atoms with Crippen molar-refractivity contribution in [2.24, 2.45) is 0 Å². The van der Waals surface area contributed by atoms with E-state index < -0.39 is 39.0 Å². The molecule has 2 rings (SSSR count). The summed E-state index contributed by atoms with van der Waals surface area (Å²) in [6.07, 6.45) is 0. The highest BCUT2D eigenvalue weighted by Crippen LogP contribution is 2.11. The van der Waals surface area contributed by atoms with E-state index in [2.05, 4.69) is 10.6 Å². The van der Waals surface area contributed by atoms with Crippen molar-refractivity contribution in [3.8, 4) is 0 Å². The van der Waals surface area contributed by atoms with Gasteiger partial charge in [0.2, 0.25) is 11.8 Å². The molecule has 2 amide bonds. The second kappa shape index (κ2) is 8.54. The maximum absolute atomic E-state index is 12.8. The van der Waals surface area contributed by atoms with Crippen LogP contribution in [0.25, 0.3) is 0 Å². The number of rotatable bonds is 7. The second-order valence-corrected chi connectivity index (χ2v) is 7.83. The molecular formula is C18H17FN2O5S. The van der Waals surface area contributed by atoms with Crippen LogP contribution in [0.1, 0.15) is 17.3 Å². The molecule has 9 heteroatoms. The summed E-state index contributed by atoms with van der Waals surface area (Å²) in [4.78, 5) is 34.9. The highest BCUT2D eigenvalue weighted by molar-refractivity contribution is 7.92. The highest BCUT2D eigenvalue weighted by Gasteiger charge is 2.21. The van der Waals surface area contributed by atoms with Crippen molar-refractivity contribution in [3.05, 3.63) is 59.9 Å². The fraction of sp³-hybridized carbons (Fsp3) is 0.167. The number of benzene rings is 2.